The van der Waals surface area contributed by atoms with E-state index in [0.29, 0.717) is 0 Å². The molecule has 0 aliphatic carbocycles. The number of anilines is 2. The first-order valence-electron chi connectivity index (χ1n) is 16.5. The molecule has 0 saturated heterocycles. The van der Waals surface area contributed by atoms with Gasteiger partial charge in [-0.15, -0.1) is 0 Å². The molecule has 0 amide bonds. The average molecular weight is 605 g/mol. The number of nitrogens with one attached hydrogen (secondary N) is 4. The van der Waals surface area contributed by atoms with Crippen LogP contribution >= 0.6 is 0 Å². The van der Waals surface area contributed by atoms with Gasteiger partial charge in [-0.2, -0.15) is 0 Å². The van der Waals surface area contributed by atoms with Gasteiger partial charge >= 0.3 is 0 Å². The summed E-state index contributed by atoms with van der Waals surface area (Å²) < 4.78 is 0. The molecule has 3 aromatic heterocycles. The second-order valence-corrected chi connectivity index (χ2v) is 11.9. The van der Waals surface area contributed by atoms with Gasteiger partial charge in [0.1, 0.15) is 0 Å². The van der Waals surface area contributed by atoms with Gasteiger partial charge in [-0.3, -0.25) is 0 Å². The SMILES string of the molecule is CCCCNc1ccc(-c2c3nc(cc4ccc([nH]4)c(-c4ccc(NCCCC)cc4)c4ccc(cc5nc2C=C5)[nH]4)C=C3)cc1. The van der Waals surface area contributed by atoms with Gasteiger partial charge < -0.3 is 20.6 Å². The number of H-pyrrole nitrogens is 2. The van der Waals surface area contributed by atoms with Crippen molar-refractivity contribution in [3.8, 4) is 22.3 Å². The van der Waals surface area contributed by atoms with Crippen LogP contribution < -0.4 is 10.6 Å². The van der Waals surface area contributed by atoms with E-state index < -0.39 is 0 Å². The van der Waals surface area contributed by atoms with E-state index in [1.54, 1.807) is 0 Å². The standard InChI is InChI=1S/C40H40N6/c1-3-5-23-41-29-11-7-27(8-12-29)39-35-19-15-31(43-35)25-33-17-21-37(45-33)40(28-9-13-30(14-10-28)42-24-6-4-2)38-22-18-34(46-38)26-32-16-20-36(39)44-32/h7-22,25-26,41-44H,3-6,23-24H2,1-2H3. The van der Waals surface area contributed by atoms with Crippen molar-refractivity contribution < 1.29 is 0 Å². The molecule has 230 valence electrons. The molecule has 2 aliphatic heterocycles. The summed E-state index contributed by atoms with van der Waals surface area (Å²) in [4.78, 5) is 17.5. The smallest absolute Gasteiger partial charge is 0.0737 e. The van der Waals surface area contributed by atoms with Crippen molar-refractivity contribution in [3.63, 3.8) is 0 Å². The molecule has 2 aromatic carbocycles. The number of unbranched alkanes of at least 4 members (excludes halogenated alkanes) is 2. The fourth-order valence-electron chi connectivity index (χ4n) is 6.01. The summed E-state index contributed by atoms with van der Waals surface area (Å²) in [6.45, 7) is 6.38. The first kappa shape index (κ1) is 29.4. The van der Waals surface area contributed by atoms with Crippen LogP contribution in [0.1, 0.15) is 62.3 Å². The zero-order chi connectivity index (χ0) is 31.3. The number of nitrogens with zero attached hydrogens (tertiary/aromatic N) is 2. The number of rotatable bonds is 10. The molecule has 0 radical (unpaired) electrons. The largest absolute Gasteiger partial charge is 0.385 e. The molecule has 6 heteroatoms. The Morgan fingerprint density at radius 1 is 0.522 bits per heavy atom. The second kappa shape index (κ2) is 13.3. The van der Waals surface area contributed by atoms with Gasteiger partial charge in [0.25, 0.3) is 0 Å². The van der Waals surface area contributed by atoms with Crippen LogP contribution in [0.3, 0.4) is 0 Å². The minimum atomic E-state index is 0.899. The van der Waals surface area contributed by atoms with Crippen molar-refractivity contribution in [1.82, 2.24) is 19.9 Å². The molecular weight excluding hydrogens is 564 g/mol. The maximum atomic E-state index is 5.08. The van der Waals surface area contributed by atoms with E-state index in [1.807, 2.05) is 0 Å². The molecule has 0 fully saturated rings. The summed E-state index contributed by atoms with van der Waals surface area (Å²) in [7, 11) is 0. The number of fused-ring (bicyclic) bond motifs is 8. The molecule has 8 bridgehead atoms. The van der Waals surface area contributed by atoms with Gasteiger partial charge in [0.2, 0.25) is 0 Å². The fourth-order valence-corrected chi connectivity index (χ4v) is 6.01. The maximum Gasteiger partial charge on any atom is 0.0737 e. The Kier molecular flexibility index (Phi) is 8.51. The van der Waals surface area contributed by atoms with Gasteiger partial charge in [0.15, 0.2) is 0 Å². The summed E-state index contributed by atoms with van der Waals surface area (Å²) in [6, 6.07) is 30.1. The lowest BCUT2D eigenvalue weighted by atomic mass is 10.0. The summed E-state index contributed by atoms with van der Waals surface area (Å²) in [5.41, 5.74) is 14.3. The number of aromatic nitrogens is 4. The lowest BCUT2D eigenvalue weighted by molar-refractivity contribution is 0.834. The number of hydrogen-bond acceptors (Lipinski definition) is 4. The number of benzene rings is 2. The summed E-state index contributed by atoms with van der Waals surface area (Å²) in [6.07, 6.45) is 13.0. The van der Waals surface area contributed by atoms with E-state index in [-0.39, 0.29) is 0 Å². The first-order valence-corrected chi connectivity index (χ1v) is 16.5. The zero-order valence-electron chi connectivity index (χ0n) is 26.5. The molecule has 2 aliphatic rings. The first-order chi connectivity index (χ1) is 22.7. The van der Waals surface area contributed by atoms with Gasteiger partial charge in [-0.1, -0.05) is 51.0 Å². The predicted molar refractivity (Wildman–Crippen MR) is 197 cm³/mol. The maximum absolute atomic E-state index is 5.08. The van der Waals surface area contributed by atoms with Gasteiger partial charge in [-0.05, 0) is 109 Å². The molecule has 6 nitrogen and oxygen atoms in total. The van der Waals surface area contributed by atoms with Gasteiger partial charge in [0, 0.05) is 57.7 Å². The molecule has 0 atom stereocenters. The molecule has 5 heterocycles. The third-order valence-corrected chi connectivity index (χ3v) is 8.46. The highest BCUT2D eigenvalue weighted by Crippen LogP contribution is 2.33. The van der Waals surface area contributed by atoms with Crippen LogP contribution in [-0.4, -0.2) is 33.0 Å². The minimum absolute atomic E-state index is 0.899. The Labute approximate surface area is 270 Å². The highest BCUT2D eigenvalue weighted by Gasteiger charge is 2.15. The number of aromatic amines is 2. The van der Waals surface area contributed by atoms with Crippen molar-refractivity contribution in [1.29, 1.82) is 0 Å². The molecular formula is C40H40N6. The normalized spacial score (nSPS) is 12.0. The summed E-state index contributed by atoms with van der Waals surface area (Å²) in [5, 5.41) is 7.05. The van der Waals surface area contributed by atoms with Crippen LogP contribution in [0.15, 0.2) is 84.9 Å². The molecule has 5 aromatic rings. The summed E-state index contributed by atoms with van der Waals surface area (Å²) >= 11 is 0. The van der Waals surface area contributed by atoms with Crippen LogP contribution in [0.4, 0.5) is 11.4 Å². The third-order valence-electron chi connectivity index (χ3n) is 8.46. The Bertz CT molecular complexity index is 1970. The van der Waals surface area contributed by atoms with Gasteiger partial charge in [0.05, 0.1) is 22.8 Å². The van der Waals surface area contributed by atoms with E-state index in [4.69, 9.17) is 9.97 Å². The lowest BCUT2D eigenvalue weighted by Crippen LogP contribution is -2.00. The van der Waals surface area contributed by atoms with Crippen molar-refractivity contribution in [2.45, 2.75) is 39.5 Å². The third kappa shape index (κ3) is 6.38. The van der Waals surface area contributed by atoms with Crippen molar-refractivity contribution in [2.24, 2.45) is 0 Å². The highest BCUT2D eigenvalue weighted by atomic mass is 14.9. The average Bonchev–Trinajstić information content (AvgIpc) is 3.90. The Balaban J connectivity index is 1.37. The van der Waals surface area contributed by atoms with E-state index in [9.17, 15) is 0 Å². The monoisotopic (exact) mass is 604 g/mol. The molecule has 46 heavy (non-hydrogen) atoms. The molecule has 4 N–H and O–H groups in total. The molecule has 0 spiro atoms. The molecule has 0 unspecified atom stereocenters. The quantitative estimate of drug-likeness (QED) is 0.117. The Morgan fingerprint density at radius 2 is 0.978 bits per heavy atom. The lowest BCUT2D eigenvalue weighted by Gasteiger charge is -2.08. The van der Waals surface area contributed by atoms with Crippen LogP contribution in [0.2, 0.25) is 0 Å². The topological polar surface area (TPSA) is 81.4 Å². The number of hydrogen-bond donors (Lipinski definition) is 4. The van der Waals surface area contributed by atoms with Crippen LogP contribution in [0, 0.1) is 0 Å². The molecule has 0 saturated carbocycles. The highest BCUT2D eigenvalue weighted by molar-refractivity contribution is 5.94. The van der Waals surface area contributed by atoms with Crippen LogP contribution in [-0.2, 0) is 0 Å². The van der Waals surface area contributed by atoms with E-state index in [1.165, 1.54) is 12.8 Å². The second-order valence-electron chi connectivity index (χ2n) is 11.9. The van der Waals surface area contributed by atoms with Crippen molar-refractivity contribution in [2.75, 3.05) is 23.7 Å². The van der Waals surface area contributed by atoms with E-state index in [2.05, 4.69) is 144 Å². The fraction of sp³-hybridized carbons (Fsp3) is 0.200. The van der Waals surface area contributed by atoms with Crippen LogP contribution in [0.5, 0.6) is 0 Å². The predicted octanol–water partition coefficient (Wildman–Crippen LogP) is 10.4. The Hall–Kier alpha value is -5.36. The zero-order valence-corrected chi connectivity index (χ0v) is 26.5. The van der Waals surface area contributed by atoms with Crippen molar-refractivity contribution >= 4 is 57.7 Å². The summed E-state index contributed by atoms with van der Waals surface area (Å²) in [5.74, 6) is 0. The molecule has 7 rings (SSSR count). The Morgan fingerprint density at radius 3 is 1.43 bits per heavy atom. The van der Waals surface area contributed by atoms with E-state index in [0.717, 1.165) is 104 Å². The minimum Gasteiger partial charge on any atom is -0.385 e. The van der Waals surface area contributed by atoms with Gasteiger partial charge in [-0.25, -0.2) is 9.97 Å². The van der Waals surface area contributed by atoms with Crippen LogP contribution in [0.25, 0.3) is 68.6 Å². The van der Waals surface area contributed by atoms with E-state index >= 15 is 0 Å². The van der Waals surface area contributed by atoms with Crippen molar-refractivity contribution in [3.05, 3.63) is 108 Å².